The van der Waals surface area contributed by atoms with Gasteiger partial charge in [-0.1, -0.05) is 44.0 Å². The van der Waals surface area contributed by atoms with Crippen molar-refractivity contribution in [3.8, 4) is 0 Å². The van der Waals surface area contributed by atoms with E-state index in [1.807, 2.05) is 0 Å². The first-order valence-electron chi connectivity index (χ1n) is 6.34. The van der Waals surface area contributed by atoms with Crippen molar-refractivity contribution in [3.05, 3.63) is 58.1 Å². The molecular weight excluding hydrogens is 366 g/mol. The summed E-state index contributed by atoms with van der Waals surface area (Å²) in [4.78, 5) is 2.34. The van der Waals surface area contributed by atoms with Crippen LogP contribution in [0.25, 0.3) is 0 Å². The Hall–Kier alpha value is -0.800. The number of rotatable bonds is 4. The molecule has 2 aromatic rings. The Labute approximate surface area is 131 Å². The van der Waals surface area contributed by atoms with Crippen molar-refractivity contribution >= 4 is 43.2 Å². The lowest BCUT2D eigenvalue weighted by Gasteiger charge is -2.26. The van der Waals surface area contributed by atoms with E-state index in [9.17, 15) is 0 Å². The van der Waals surface area contributed by atoms with Crippen LogP contribution < -0.4 is 4.90 Å². The van der Waals surface area contributed by atoms with E-state index >= 15 is 0 Å². The SMILES string of the molecule is CCN(c1cccc(C)c1)c1ccc(Br)cc1CBr. The third kappa shape index (κ3) is 3.40. The summed E-state index contributed by atoms with van der Waals surface area (Å²) in [6, 6.07) is 15.1. The zero-order valence-corrected chi connectivity index (χ0v) is 14.3. The third-order valence-electron chi connectivity index (χ3n) is 3.11. The Balaban J connectivity index is 2.48. The van der Waals surface area contributed by atoms with Crippen LogP contribution in [0.3, 0.4) is 0 Å². The van der Waals surface area contributed by atoms with Gasteiger partial charge >= 0.3 is 0 Å². The second kappa shape index (κ2) is 6.58. The van der Waals surface area contributed by atoms with Gasteiger partial charge in [0, 0.05) is 27.7 Å². The fourth-order valence-electron chi connectivity index (χ4n) is 2.21. The molecule has 0 aliphatic rings. The highest BCUT2D eigenvalue weighted by Crippen LogP contribution is 2.32. The lowest BCUT2D eigenvalue weighted by Crippen LogP contribution is -2.17. The average Bonchev–Trinajstić information content (AvgIpc) is 2.41. The molecule has 0 heterocycles. The molecule has 19 heavy (non-hydrogen) atoms. The molecule has 0 amide bonds. The molecule has 0 fully saturated rings. The third-order valence-corrected chi connectivity index (χ3v) is 4.20. The van der Waals surface area contributed by atoms with E-state index in [1.54, 1.807) is 0 Å². The second-order valence-electron chi connectivity index (χ2n) is 4.49. The molecule has 0 saturated carbocycles. The van der Waals surface area contributed by atoms with Gasteiger partial charge in [-0.15, -0.1) is 0 Å². The van der Waals surface area contributed by atoms with Crippen LogP contribution in [-0.4, -0.2) is 6.54 Å². The molecule has 0 aliphatic heterocycles. The zero-order valence-electron chi connectivity index (χ0n) is 11.2. The van der Waals surface area contributed by atoms with Gasteiger partial charge in [-0.25, -0.2) is 0 Å². The van der Waals surface area contributed by atoms with E-state index in [-0.39, 0.29) is 0 Å². The molecule has 2 aromatic carbocycles. The van der Waals surface area contributed by atoms with E-state index in [0.29, 0.717) is 0 Å². The van der Waals surface area contributed by atoms with Crippen molar-refractivity contribution in [3.63, 3.8) is 0 Å². The van der Waals surface area contributed by atoms with Gasteiger partial charge in [0.1, 0.15) is 0 Å². The summed E-state index contributed by atoms with van der Waals surface area (Å²) >= 11 is 7.12. The van der Waals surface area contributed by atoms with Gasteiger partial charge in [-0.2, -0.15) is 0 Å². The van der Waals surface area contributed by atoms with Crippen molar-refractivity contribution in [1.29, 1.82) is 0 Å². The van der Waals surface area contributed by atoms with Crippen molar-refractivity contribution in [1.82, 2.24) is 0 Å². The van der Waals surface area contributed by atoms with E-state index < -0.39 is 0 Å². The topological polar surface area (TPSA) is 3.24 Å². The summed E-state index contributed by atoms with van der Waals surface area (Å²) in [7, 11) is 0. The van der Waals surface area contributed by atoms with Gasteiger partial charge < -0.3 is 4.90 Å². The first-order chi connectivity index (χ1) is 9.15. The van der Waals surface area contributed by atoms with Gasteiger partial charge in [-0.3, -0.25) is 0 Å². The summed E-state index contributed by atoms with van der Waals surface area (Å²) in [5.74, 6) is 0. The van der Waals surface area contributed by atoms with Crippen molar-refractivity contribution in [2.45, 2.75) is 19.2 Å². The molecule has 0 spiro atoms. The summed E-state index contributed by atoms with van der Waals surface area (Å²) in [6.07, 6.45) is 0. The molecule has 2 rings (SSSR count). The van der Waals surface area contributed by atoms with E-state index in [0.717, 1.165) is 16.3 Å². The second-order valence-corrected chi connectivity index (χ2v) is 5.97. The maximum absolute atomic E-state index is 3.58. The summed E-state index contributed by atoms with van der Waals surface area (Å²) in [6.45, 7) is 5.26. The predicted molar refractivity (Wildman–Crippen MR) is 90.6 cm³/mol. The summed E-state index contributed by atoms with van der Waals surface area (Å²) in [5.41, 5.74) is 5.08. The molecule has 100 valence electrons. The van der Waals surface area contributed by atoms with Crippen LogP contribution in [0.1, 0.15) is 18.1 Å². The molecule has 0 atom stereocenters. The van der Waals surface area contributed by atoms with Crippen LogP contribution in [-0.2, 0) is 5.33 Å². The van der Waals surface area contributed by atoms with Gasteiger partial charge in [0.05, 0.1) is 0 Å². The number of hydrogen-bond donors (Lipinski definition) is 0. The highest BCUT2D eigenvalue weighted by atomic mass is 79.9. The quantitative estimate of drug-likeness (QED) is 0.603. The normalized spacial score (nSPS) is 10.5. The fourth-order valence-corrected chi connectivity index (χ4v) is 3.07. The largest absolute Gasteiger partial charge is 0.342 e. The summed E-state index contributed by atoms with van der Waals surface area (Å²) < 4.78 is 1.12. The lowest BCUT2D eigenvalue weighted by molar-refractivity contribution is 1.01. The van der Waals surface area contributed by atoms with Crippen LogP contribution in [0.5, 0.6) is 0 Å². The van der Waals surface area contributed by atoms with Crippen LogP contribution >= 0.6 is 31.9 Å². The number of benzene rings is 2. The van der Waals surface area contributed by atoms with Crippen molar-refractivity contribution < 1.29 is 0 Å². The number of halogens is 2. The smallest absolute Gasteiger partial charge is 0.0452 e. The molecular formula is C16H17Br2N. The maximum atomic E-state index is 3.58. The molecule has 3 heteroatoms. The Morgan fingerprint density at radius 2 is 1.89 bits per heavy atom. The van der Waals surface area contributed by atoms with Crippen molar-refractivity contribution in [2.75, 3.05) is 11.4 Å². The van der Waals surface area contributed by atoms with Crippen LogP contribution in [0.15, 0.2) is 46.9 Å². The predicted octanol–water partition coefficient (Wildman–Crippen LogP) is 5.81. The standard InChI is InChI=1S/C16H17Br2N/c1-3-19(15-6-4-5-12(2)9-15)16-8-7-14(18)10-13(16)11-17/h4-10H,3,11H2,1-2H3. The van der Waals surface area contributed by atoms with Crippen LogP contribution in [0.2, 0.25) is 0 Å². The molecule has 0 radical (unpaired) electrons. The Bertz CT molecular complexity index is 566. The Morgan fingerprint density at radius 1 is 1.11 bits per heavy atom. The van der Waals surface area contributed by atoms with E-state index in [2.05, 4.69) is 93.1 Å². The van der Waals surface area contributed by atoms with Gasteiger partial charge in [0.2, 0.25) is 0 Å². The monoisotopic (exact) mass is 381 g/mol. The number of alkyl halides is 1. The maximum Gasteiger partial charge on any atom is 0.0452 e. The molecule has 0 N–H and O–H groups in total. The molecule has 0 unspecified atom stereocenters. The first-order valence-corrected chi connectivity index (χ1v) is 8.25. The van der Waals surface area contributed by atoms with Gasteiger partial charge in [0.25, 0.3) is 0 Å². The molecule has 1 nitrogen and oxygen atoms in total. The van der Waals surface area contributed by atoms with Gasteiger partial charge in [0.15, 0.2) is 0 Å². The number of nitrogens with zero attached hydrogens (tertiary/aromatic N) is 1. The minimum atomic E-state index is 0.851. The number of anilines is 2. The van der Waals surface area contributed by atoms with Crippen LogP contribution in [0, 0.1) is 6.92 Å². The number of aryl methyl sites for hydroxylation is 1. The molecule has 0 aliphatic carbocycles. The lowest BCUT2D eigenvalue weighted by atomic mass is 10.1. The minimum absolute atomic E-state index is 0.851. The van der Waals surface area contributed by atoms with Crippen LogP contribution in [0.4, 0.5) is 11.4 Å². The Kier molecular flexibility index (Phi) is 5.06. The molecule has 0 aromatic heterocycles. The minimum Gasteiger partial charge on any atom is -0.342 e. The fraction of sp³-hybridized carbons (Fsp3) is 0.250. The average molecular weight is 383 g/mol. The highest BCUT2D eigenvalue weighted by Gasteiger charge is 2.11. The van der Waals surface area contributed by atoms with E-state index in [1.165, 1.54) is 22.5 Å². The highest BCUT2D eigenvalue weighted by molar-refractivity contribution is 9.10. The summed E-state index contributed by atoms with van der Waals surface area (Å²) in [5, 5.41) is 0.851. The molecule has 0 saturated heterocycles. The zero-order chi connectivity index (χ0) is 13.8. The number of hydrogen-bond acceptors (Lipinski definition) is 1. The Morgan fingerprint density at radius 3 is 2.53 bits per heavy atom. The van der Waals surface area contributed by atoms with E-state index in [4.69, 9.17) is 0 Å². The van der Waals surface area contributed by atoms with Gasteiger partial charge in [-0.05, 0) is 55.3 Å². The van der Waals surface area contributed by atoms with Crippen molar-refractivity contribution in [2.24, 2.45) is 0 Å². The molecule has 0 bridgehead atoms. The first kappa shape index (κ1) is 14.6.